The lowest BCUT2D eigenvalue weighted by Gasteiger charge is -2.33. The van der Waals surface area contributed by atoms with Crippen LogP contribution in [0.2, 0.25) is 0 Å². The van der Waals surface area contributed by atoms with Crippen molar-refractivity contribution in [3.8, 4) is 0 Å². The van der Waals surface area contributed by atoms with Gasteiger partial charge in [-0.15, -0.1) is 11.3 Å². The van der Waals surface area contributed by atoms with Gasteiger partial charge < -0.3 is 10.0 Å². The molecule has 1 atom stereocenters. The molecule has 0 bridgehead atoms. The van der Waals surface area contributed by atoms with Crippen molar-refractivity contribution in [2.45, 2.75) is 46.1 Å². The molecule has 0 radical (unpaired) electrons. The summed E-state index contributed by atoms with van der Waals surface area (Å²) >= 11 is 1.46. The van der Waals surface area contributed by atoms with E-state index < -0.39 is 0 Å². The lowest BCUT2D eigenvalue weighted by atomic mass is 9.92. The summed E-state index contributed by atoms with van der Waals surface area (Å²) in [6.07, 6.45) is 3.59. The van der Waals surface area contributed by atoms with Gasteiger partial charge >= 0.3 is 0 Å². The van der Waals surface area contributed by atoms with Gasteiger partial charge in [0.15, 0.2) is 0 Å². The number of aromatic nitrogens is 3. The highest BCUT2D eigenvalue weighted by Gasteiger charge is 2.29. The number of hydrogen-bond donors (Lipinski definition) is 1. The molecule has 128 valence electrons. The molecule has 2 aromatic rings. The predicted octanol–water partition coefficient (Wildman–Crippen LogP) is 2.37. The Bertz CT molecular complexity index is 759. The second-order valence-electron chi connectivity index (χ2n) is 6.22. The SMILES string of the molecule is Cc1ncc(CO)c(C2CCCN(C(=O)c3sc(C)nc3C)C2)n1. The Morgan fingerprint density at radius 1 is 1.38 bits per heavy atom. The number of thiazole rings is 1. The van der Waals surface area contributed by atoms with E-state index in [2.05, 4.69) is 15.0 Å². The van der Waals surface area contributed by atoms with Gasteiger partial charge in [0.05, 0.1) is 23.0 Å². The zero-order valence-corrected chi connectivity index (χ0v) is 15.1. The van der Waals surface area contributed by atoms with Crippen LogP contribution in [0.4, 0.5) is 0 Å². The molecule has 1 fully saturated rings. The molecule has 1 N–H and O–H groups in total. The molecule has 1 amide bonds. The van der Waals surface area contributed by atoms with Crippen LogP contribution < -0.4 is 0 Å². The van der Waals surface area contributed by atoms with Crippen molar-refractivity contribution in [1.82, 2.24) is 19.9 Å². The maximum absolute atomic E-state index is 12.8. The van der Waals surface area contributed by atoms with E-state index in [-0.39, 0.29) is 18.4 Å². The minimum Gasteiger partial charge on any atom is -0.392 e. The topological polar surface area (TPSA) is 79.2 Å². The Kier molecular flexibility index (Phi) is 4.91. The number of carbonyl (C=O) groups excluding carboxylic acids is 1. The Morgan fingerprint density at radius 3 is 2.83 bits per heavy atom. The van der Waals surface area contributed by atoms with Gasteiger partial charge in [-0.1, -0.05) is 0 Å². The van der Waals surface area contributed by atoms with E-state index in [1.54, 1.807) is 6.20 Å². The summed E-state index contributed by atoms with van der Waals surface area (Å²) in [5.41, 5.74) is 2.43. The van der Waals surface area contributed by atoms with E-state index in [9.17, 15) is 9.90 Å². The van der Waals surface area contributed by atoms with E-state index in [1.807, 2.05) is 25.7 Å². The lowest BCUT2D eigenvalue weighted by Crippen LogP contribution is -2.39. The summed E-state index contributed by atoms with van der Waals surface area (Å²) in [4.78, 5) is 28.5. The quantitative estimate of drug-likeness (QED) is 0.923. The summed E-state index contributed by atoms with van der Waals surface area (Å²) in [5.74, 6) is 0.888. The molecule has 6 nitrogen and oxygen atoms in total. The summed E-state index contributed by atoms with van der Waals surface area (Å²) in [6.45, 7) is 6.95. The van der Waals surface area contributed by atoms with Gasteiger partial charge in [0, 0.05) is 30.8 Å². The number of aliphatic hydroxyl groups is 1. The number of likely N-dealkylation sites (tertiary alicyclic amines) is 1. The van der Waals surface area contributed by atoms with Crippen LogP contribution in [0.15, 0.2) is 6.20 Å². The number of aliphatic hydroxyl groups excluding tert-OH is 1. The molecular formula is C17H22N4O2S. The predicted molar refractivity (Wildman–Crippen MR) is 92.2 cm³/mol. The molecule has 3 heterocycles. The number of piperidine rings is 1. The van der Waals surface area contributed by atoms with Crippen LogP contribution in [-0.2, 0) is 6.61 Å². The number of aryl methyl sites for hydroxylation is 3. The highest BCUT2D eigenvalue weighted by molar-refractivity contribution is 7.13. The molecule has 0 spiro atoms. The first kappa shape index (κ1) is 17.0. The third-order valence-corrected chi connectivity index (χ3v) is 5.44. The van der Waals surface area contributed by atoms with E-state index in [0.29, 0.717) is 12.4 Å². The highest BCUT2D eigenvalue weighted by Crippen LogP contribution is 2.30. The molecule has 3 rings (SSSR count). The summed E-state index contributed by atoms with van der Waals surface area (Å²) in [7, 11) is 0. The van der Waals surface area contributed by atoms with Gasteiger partial charge in [0.2, 0.25) is 0 Å². The molecule has 24 heavy (non-hydrogen) atoms. The molecule has 1 aliphatic heterocycles. The smallest absolute Gasteiger partial charge is 0.265 e. The number of hydrogen-bond acceptors (Lipinski definition) is 6. The van der Waals surface area contributed by atoms with E-state index >= 15 is 0 Å². The van der Waals surface area contributed by atoms with E-state index in [1.165, 1.54) is 11.3 Å². The van der Waals surface area contributed by atoms with Gasteiger partial charge in [-0.3, -0.25) is 4.79 Å². The van der Waals surface area contributed by atoms with E-state index in [0.717, 1.165) is 46.2 Å². The fourth-order valence-corrected chi connectivity index (χ4v) is 4.13. The first-order valence-electron chi connectivity index (χ1n) is 8.16. The molecule has 7 heteroatoms. The van der Waals surface area contributed by atoms with Crippen molar-refractivity contribution in [3.63, 3.8) is 0 Å². The normalized spacial score (nSPS) is 18.0. The molecule has 2 aromatic heterocycles. The van der Waals surface area contributed by atoms with Crippen molar-refractivity contribution < 1.29 is 9.90 Å². The highest BCUT2D eigenvalue weighted by atomic mass is 32.1. The van der Waals surface area contributed by atoms with Crippen LogP contribution in [0, 0.1) is 20.8 Å². The molecule has 0 aromatic carbocycles. The molecule has 0 saturated carbocycles. The van der Waals surface area contributed by atoms with Gasteiger partial charge in [0.25, 0.3) is 5.91 Å². The first-order valence-corrected chi connectivity index (χ1v) is 8.97. The summed E-state index contributed by atoms with van der Waals surface area (Å²) < 4.78 is 0. The Balaban J connectivity index is 1.83. The molecule has 1 aliphatic rings. The number of rotatable bonds is 3. The van der Waals surface area contributed by atoms with Crippen molar-refractivity contribution in [2.24, 2.45) is 0 Å². The maximum Gasteiger partial charge on any atom is 0.265 e. The number of amides is 1. The Morgan fingerprint density at radius 2 is 2.17 bits per heavy atom. The average Bonchev–Trinajstić information content (AvgIpc) is 2.92. The number of nitrogens with zero attached hydrogens (tertiary/aromatic N) is 4. The van der Waals surface area contributed by atoms with Crippen LogP contribution in [0.25, 0.3) is 0 Å². The molecule has 1 unspecified atom stereocenters. The second kappa shape index (κ2) is 6.94. The standard InChI is InChI=1S/C17H22N4O2S/c1-10-16(24-12(3)19-10)17(23)21-6-4-5-13(8-21)15-14(9-22)7-18-11(2)20-15/h7,13,22H,4-6,8-9H2,1-3H3. The first-order chi connectivity index (χ1) is 11.5. The van der Waals surface area contributed by atoms with Crippen molar-refractivity contribution in [3.05, 3.63) is 38.9 Å². The van der Waals surface area contributed by atoms with Gasteiger partial charge in [0.1, 0.15) is 10.7 Å². The van der Waals surface area contributed by atoms with Gasteiger partial charge in [-0.05, 0) is 33.6 Å². The zero-order chi connectivity index (χ0) is 17.3. The molecule has 0 aliphatic carbocycles. The summed E-state index contributed by atoms with van der Waals surface area (Å²) in [5, 5.41) is 10.5. The van der Waals surface area contributed by atoms with Crippen LogP contribution >= 0.6 is 11.3 Å². The second-order valence-corrected chi connectivity index (χ2v) is 7.43. The fraction of sp³-hybridized carbons (Fsp3) is 0.529. The van der Waals surface area contributed by atoms with E-state index in [4.69, 9.17) is 0 Å². The van der Waals surface area contributed by atoms with Crippen molar-refractivity contribution >= 4 is 17.2 Å². The van der Waals surface area contributed by atoms with Crippen LogP contribution in [0.5, 0.6) is 0 Å². The number of carbonyl (C=O) groups is 1. The zero-order valence-electron chi connectivity index (χ0n) is 14.2. The minimum atomic E-state index is -0.0762. The van der Waals surface area contributed by atoms with Crippen molar-refractivity contribution in [2.75, 3.05) is 13.1 Å². The van der Waals surface area contributed by atoms with Crippen molar-refractivity contribution in [1.29, 1.82) is 0 Å². The third kappa shape index (κ3) is 3.32. The van der Waals surface area contributed by atoms with Crippen LogP contribution in [-0.4, -0.2) is 44.0 Å². The maximum atomic E-state index is 12.8. The molecule has 1 saturated heterocycles. The Labute approximate surface area is 145 Å². The Hall–Kier alpha value is -1.86. The van der Waals surface area contributed by atoms with Gasteiger partial charge in [-0.2, -0.15) is 0 Å². The fourth-order valence-electron chi connectivity index (χ4n) is 3.25. The average molecular weight is 346 g/mol. The minimum absolute atomic E-state index is 0.0547. The van der Waals surface area contributed by atoms with Crippen LogP contribution in [0.3, 0.4) is 0 Å². The molecular weight excluding hydrogens is 324 g/mol. The monoisotopic (exact) mass is 346 g/mol. The summed E-state index contributed by atoms with van der Waals surface area (Å²) in [6, 6.07) is 0. The lowest BCUT2D eigenvalue weighted by molar-refractivity contribution is 0.0709. The third-order valence-electron chi connectivity index (χ3n) is 4.38. The largest absolute Gasteiger partial charge is 0.392 e. The van der Waals surface area contributed by atoms with Crippen LogP contribution in [0.1, 0.15) is 56.2 Å². The van der Waals surface area contributed by atoms with Gasteiger partial charge in [-0.25, -0.2) is 15.0 Å².